The van der Waals surface area contributed by atoms with Crippen LogP contribution in [0.2, 0.25) is 0 Å². The SMILES string of the molecule is CC1(C)CCC(Oc2cc(F)cc(Br)c2)C1. The molecule has 0 radical (unpaired) electrons. The summed E-state index contributed by atoms with van der Waals surface area (Å²) >= 11 is 3.26. The van der Waals surface area contributed by atoms with Gasteiger partial charge in [-0.3, -0.25) is 0 Å². The summed E-state index contributed by atoms with van der Waals surface area (Å²) in [5.74, 6) is 0.358. The van der Waals surface area contributed by atoms with Crippen molar-refractivity contribution in [3.63, 3.8) is 0 Å². The van der Waals surface area contributed by atoms with Gasteiger partial charge in [0.15, 0.2) is 0 Å². The monoisotopic (exact) mass is 286 g/mol. The normalized spacial score (nSPS) is 23.4. The molecular weight excluding hydrogens is 271 g/mol. The molecule has 88 valence electrons. The maximum Gasteiger partial charge on any atom is 0.128 e. The van der Waals surface area contributed by atoms with Crippen LogP contribution >= 0.6 is 15.9 Å². The third-order valence-corrected chi connectivity index (χ3v) is 3.52. The van der Waals surface area contributed by atoms with Crippen molar-refractivity contribution in [1.29, 1.82) is 0 Å². The van der Waals surface area contributed by atoms with Gasteiger partial charge in [0.05, 0.1) is 6.10 Å². The van der Waals surface area contributed by atoms with Crippen molar-refractivity contribution in [2.75, 3.05) is 0 Å². The largest absolute Gasteiger partial charge is 0.490 e. The smallest absolute Gasteiger partial charge is 0.128 e. The molecule has 1 saturated carbocycles. The molecule has 1 aliphatic carbocycles. The summed E-state index contributed by atoms with van der Waals surface area (Å²) in [5, 5.41) is 0. The summed E-state index contributed by atoms with van der Waals surface area (Å²) in [4.78, 5) is 0. The van der Waals surface area contributed by atoms with Crippen molar-refractivity contribution < 1.29 is 9.13 Å². The zero-order valence-electron chi connectivity index (χ0n) is 9.59. The van der Waals surface area contributed by atoms with E-state index in [0.29, 0.717) is 11.2 Å². The van der Waals surface area contributed by atoms with E-state index in [1.54, 1.807) is 0 Å². The predicted octanol–water partition coefficient (Wildman–Crippen LogP) is 4.55. The average Bonchev–Trinajstić information content (AvgIpc) is 2.43. The van der Waals surface area contributed by atoms with Gasteiger partial charge in [-0.15, -0.1) is 0 Å². The van der Waals surface area contributed by atoms with Crippen LogP contribution in [0.25, 0.3) is 0 Å². The van der Waals surface area contributed by atoms with E-state index in [1.807, 2.05) is 6.07 Å². The Morgan fingerprint density at radius 1 is 1.38 bits per heavy atom. The summed E-state index contributed by atoms with van der Waals surface area (Å²) in [7, 11) is 0. The lowest BCUT2D eigenvalue weighted by atomic mass is 9.92. The Bertz CT molecular complexity index is 369. The maximum absolute atomic E-state index is 13.1. The fourth-order valence-electron chi connectivity index (χ4n) is 2.26. The Morgan fingerprint density at radius 2 is 2.12 bits per heavy atom. The highest BCUT2D eigenvalue weighted by Gasteiger charge is 2.32. The second-order valence-electron chi connectivity index (χ2n) is 5.25. The molecule has 0 saturated heterocycles. The van der Waals surface area contributed by atoms with Crippen LogP contribution < -0.4 is 4.74 Å². The van der Waals surface area contributed by atoms with E-state index < -0.39 is 0 Å². The van der Waals surface area contributed by atoms with E-state index in [4.69, 9.17) is 4.74 Å². The standard InChI is InChI=1S/C13H16BrFO/c1-13(2)4-3-11(8-13)16-12-6-9(14)5-10(15)7-12/h5-7,11H,3-4,8H2,1-2H3. The minimum Gasteiger partial charge on any atom is -0.490 e. The summed E-state index contributed by atoms with van der Waals surface area (Å²) < 4.78 is 19.7. The van der Waals surface area contributed by atoms with Gasteiger partial charge in [0.2, 0.25) is 0 Å². The molecule has 1 aromatic rings. The first-order valence-corrected chi connectivity index (χ1v) is 6.37. The highest BCUT2D eigenvalue weighted by atomic mass is 79.9. The van der Waals surface area contributed by atoms with Gasteiger partial charge in [-0.2, -0.15) is 0 Å². The number of hydrogen-bond acceptors (Lipinski definition) is 1. The van der Waals surface area contributed by atoms with Crippen molar-refractivity contribution in [2.45, 2.75) is 39.2 Å². The van der Waals surface area contributed by atoms with Crippen LogP contribution in [-0.4, -0.2) is 6.10 Å². The van der Waals surface area contributed by atoms with Gasteiger partial charge >= 0.3 is 0 Å². The average molecular weight is 287 g/mol. The third-order valence-electron chi connectivity index (χ3n) is 3.06. The van der Waals surface area contributed by atoms with Crippen LogP contribution in [0.4, 0.5) is 4.39 Å². The molecule has 1 aromatic carbocycles. The molecule has 16 heavy (non-hydrogen) atoms. The van der Waals surface area contributed by atoms with Crippen molar-refractivity contribution >= 4 is 15.9 Å². The summed E-state index contributed by atoms with van der Waals surface area (Å²) in [6, 6.07) is 4.69. The molecule has 0 amide bonds. The minimum absolute atomic E-state index is 0.226. The number of ether oxygens (including phenoxy) is 1. The van der Waals surface area contributed by atoms with Gasteiger partial charge in [-0.05, 0) is 36.8 Å². The van der Waals surface area contributed by atoms with E-state index in [2.05, 4.69) is 29.8 Å². The number of rotatable bonds is 2. The molecule has 0 bridgehead atoms. The van der Waals surface area contributed by atoms with E-state index >= 15 is 0 Å². The summed E-state index contributed by atoms with van der Waals surface area (Å²) in [6.45, 7) is 4.50. The van der Waals surface area contributed by atoms with Gasteiger partial charge in [-0.25, -0.2) is 4.39 Å². The molecule has 0 spiro atoms. The number of hydrogen-bond donors (Lipinski definition) is 0. The molecule has 1 unspecified atom stereocenters. The van der Waals surface area contributed by atoms with Gasteiger partial charge in [0, 0.05) is 10.5 Å². The first kappa shape index (κ1) is 11.9. The number of benzene rings is 1. The van der Waals surface area contributed by atoms with Crippen LogP contribution in [0.15, 0.2) is 22.7 Å². The molecule has 1 atom stereocenters. The topological polar surface area (TPSA) is 9.23 Å². The minimum atomic E-state index is -0.262. The molecule has 3 heteroatoms. The molecule has 0 N–H and O–H groups in total. The Hall–Kier alpha value is -0.570. The first-order valence-electron chi connectivity index (χ1n) is 5.57. The fraction of sp³-hybridized carbons (Fsp3) is 0.538. The lowest BCUT2D eigenvalue weighted by Gasteiger charge is -2.18. The molecule has 0 aromatic heterocycles. The van der Waals surface area contributed by atoms with Gasteiger partial charge in [0.25, 0.3) is 0 Å². The second-order valence-corrected chi connectivity index (χ2v) is 6.17. The molecule has 0 heterocycles. The van der Waals surface area contributed by atoms with E-state index in [-0.39, 0.29) is 11.9 Å². The highest BCUT2D eigenvalue weighted by molar-refractivity contribution is 9.10. The first-order chi connectivity index (χ1) is 7.44. The zero-order valence-corrected chi connectivity index (χ0v) is 11.2. The highest BCUT2D eigenvalue weighted by Crippen LogP contribution is 2.39. The summed E-state index contributed by atoms with van der Waals surface area (Å²) in [6.07, 6.45) is 3.50. The van der Waals surface area contributed by atoms with Crippen LogP contribution in [0, 0.1) is 11.2 Å². The van der Waals surface area contributed by atoms with Gasteiger partial charge in [-0.1, -0.05) is 29.8 Å². The van der Waals surface area contributed by atoms with E-state index in [0.717, 1.165) is 17.3 Å². The van der Waals surface area contributed by atoms with Crippen LogP contribution in [0.1, 0.15) is 33.1 Å². The maximum atomic E-state index is 13.1. The van der Waals surface area contributed by atoms with Crippen molar-refractivity contribution in [3.8, 4) is 5.75 Å². The molecule has 1 aliphatic rings. The Balaban J connectivity index is 2.05. The predicted molar refractivity (Wildman–Crippen MR) is 66.1 cm³/mol. The van der Waals surface area contributed by atoms with Crippen molar-refractivity contribution in [2.24, 2.45) is 5.41 Å². The van der Waals surface area contributed by atoms with Gasteiger partial charge in [0.1, 0.15) is 11.6 Å². The Kier molecular flexibility index (Phi) is 3.24. The molecular formula is C13H16BrFO. The lowest BCUT2D eigenvalue weighted by Crippen LogP contribution is -2.14. The van der Waals surface area contributed by atoms with Crippen LogP contribution in [0.3, 0.4) is 0 Å². The Morgan fingerprint density at radius 3 is 2.69 bits per heavy atom. The molecule has 0 aliphatic heterocycles. The molecule has 1 nitrogen and oxygen atoms in total. The molecule has 1 fully saturated rings. The van der Waals surface area contributed by atoms with Gasteiger partial charge < -0.3 is 4.74 Å². The van der Waals surface area contributed by atoms with Crippen LogP contribution in [0.5, 0.6) is 5.75 Å². The zero-order chi connectivity index (χ0) is 11.8. The van der Waals surface area contributed by atoms with E-state index in [1.165, 1.54) is 18.6 Å². The fourth-order valence-corrected chi connectivity index (χ4v) is 2.71. The van der Waals surface area contributed by atoms with Crippen molar-refractivity contribution in [1.82, 2.24) is 0 Å². The Labute approximate surface area is 104 Å². The molecule has 2 rings (SSSR count). The third kappa shape index (κ3) is 2.97. The van der Waals surface area contributed by atoms with E-state index in [9.17, 15) is 4.39 Å². The van der Waals surface area contributed by atoms with Crippen molar-refractivity contribution in [3.05, 3.63) is 28.5 Å². The lowest BCUT2D eigenvalue weighted by molar-refractivity contribution is 0.192. The van der Waals surface area contributed by atoms with Crippen LogP contribution in [-0.2, 0) is 0 Å². The summed E-state index contributed by atoms with van der Waals surface area (Å²) in [5.41, 5.74) is 0.356. The second kappa shape index (κ2) is 4.36. The quantitative estimate of drug-likeness (QED) is 0.775. The number of halogens is 2.